The molecule has 2 aromatic rings. The zero-order valence-electron chi connectivity index (χ0n) is 9.76. The van der Waals surface area contributed by atoms with Gasteiger partial charge in [-0.05, 0) is 35.0 Å². The quantitative estimate of drug-likeness (QED) is 0.607. The summed E-state index contributed by atoms with van der Waals surface area (Å²) < 4.78 is 6.26. The van der Waals surface area contributed by atoms with Gasteiger partial charge in [-0.15, -0.1) is 0 Å². The first-order valence-electron chi connectivity index (χ1n) is 5.22. The third-order valence-electron chi connectivity index (χ3n) is 2.33. The van der Waals surface area contributed by atoms with Crippen molar-refractivity contribution in [3.8, 4) is 11.6 Å². The summed E-state index contributed by atoms with van der Waals surface area (Å²) in [7, 11) is 0. The summed E-state index contributed by atoms with van der Waals surface area (Å²) in [6.07, 6.45) is 0. The third-order valence-corrected chi connectivity index (χ3v) is 3.40. The molecule has 0 aliphatic carbocycles. The largest absolute Gasteiger partial charge is 0.432 e. The zero-order valence-corrected chi connectivity index (χ0v) is 12.1. The normalized spacial score (nSPS) is 10.3. The highest BCUT2D eigenvalue weighted by atomic mass is 79.9. The molecule has 7 heteroatoms. The van der Waals surface area contributed by atoms with E-state index < -0.39 is 4.92 Å². The molecule has 19 heavy (non-hydrogen) atoms. The van der Waals surface area contributed by atoms with Gasteiger partial charge in [-0.3, -0.25) is 10.1 Å². The molecule has 0 saturated heterocycles. The molecule has 1 heterocycles. The lowest BCUT2D eigenvalue weighted by molar-refractivity contribution is -0.385. The van der Waals surface area contributed by atoms with Crippen LogP contribution in [0, 0.1) is 17.0 Å². The molecule has 0 spiro atoms. The second-order valence-electron chi connectivity index (χ2n) is 3.69. The van der Waals surface area contributed by atoms with Crippen LogP contribution in [0.2, 0.25) is 5.02 Å². The lowest BCUT2D eigenvalue weighted by Crippen LogP contribution is -1.95. The molecule has 0 fully saturated rings. The van der Waals surface area contributed by atoms with Crippen molar-refractivity contribution in [2.24, 2.45) is 0 Å². The van der Waals surface area contributed by atoms with Crippen LogP contribution in [0.25, 0.3) is 0 Å². The van der Waals surface area contributed by atoms with Crippen LogP contribution in [0.15, 0.2) is 34.8 Å². The molecule has 0 radical (unpaired) electrons. The summed E-state index contributed by atoms with van der Waals surface area (Å²) in [6, 6.07) is 7.49. The Labute approximate surface area is 122 Å². The number of nitro benzene ring substituents is 1. The molecular weight excluding hydrogens is 335 g/mol. The van der Waals surface area contributed by atoms with Crippen LogP contribution in [0.3, 0.4) is 0 Å². The predicted molar refractivity (Wildman–Crippen MR) is 74.9 cm³/mol. The van der Waals surface area contributed by atoms with Crippen molar-refractivity contribution in [1.82, 2.24) is 4.98 Å². The summed E-state index contributed by atoms with van der Waals surface area (Å²) in [5.74, 6) is 0.331. The van der Waals surface area contributed by atoms with Crippen molar-refractivity contribution >= 4 is 33.2 Å². The third kappa shape index (κ3) is 3.21. The van der Waals surface area contributed by atoms with Crippen LogP contribution in [0.1, 0.15) is 5.69 Å². The van der Waals surface area contributed by atoms with Gasteiger partial charge in [0.05, 0.1) is 10.6 Å². The second-order valence-corrected chi connectivity index (χ2v) is 4.98. The Morgan fingerprint density at radius 2 is 2.11 bits per heavy atom. The Morgan fingerprint density at radius 1 is 1.37 bits per heavy atom. The van der Waals surface area contributed by atoms with E-state index in [4.69, 9.17) is 16.3 Å². The van der Waals surface area contributed by atoms with Crippen LogP contribution in [0.5, 0.6) is 11.6 Å². The van der Waals surface area contributed by atoms with Gasteiger partial charge in [0, 0.05) is 27.7 Å². The fraction of sp³-hybridized carbons (Fsp3) is 0.0833. The first-order chi connectivity index (χ1) is 8.97. The highest BCUT2D eigenvalue weighted by molar-refractivity contribution is 9.10. The van der Waals surface area contributed by atoms with Crippen LogP contribution in [-0.2, 0) is 0 Å². The number of benzene rings is 1. The lowest BCUT2D eigenvalue weighted by atomic mass is 10.3. The molecule has 2 rings (SSSR count). The van der Waals surface area contributed by atoms with E-state index in [1.165, 1.54) is 18.2 Å². The Bertz CT molecular complexity index is 649. The average Bonchev–Trinajstić information content (AvgIpc) is 2.33. The van der Waals surface area contributed by atoms with Crippen LogP contribution >= 0.6 is 27.5 Å². The number of ether oxygens (including phenoxy) is 1. The van der Waals surface area contributed by atoms with E-state index in [0.717, 1.165) is 10.2 Å². The molecule has 0 N–H and O–H groups in total. The number of aryl methyl sites for hydroxylation is 1. The van der Waals surface area contributed by atoms with E-state index >= 15 is 0 Å². The van der Waals surface area contributed by atoms with Gasteiger partial charge in [-0.2, -0.15) is 0 Å². The van der Waals surface area contributed by atoms with Gasteiger partial charge in [0.25, 0.3) is 0 Å². The fourth-order valence-corrected chi connectivity index (χ4v) is 1.79. The van der Waals surface area contributed by atoms with Gasteiger partial charge in [0.2, 0.25) is 11.6 Å². The predicted octanol–water partition coefficient (Wildman–Crippen LogP) is 4.51. The highest BCUT2D eigenvalue weighted by Crippen LogP contribution is 2.33. The number of halogens is 2. The number of aromatic nitrogens is 1. The number of hydrogen-bond donors (Lipinski definition) is 0. The molecule has 0 bridgehead atoms. The van der Waals surface area contributed by atoms with E-state index in [-0.39, 0.29) is 17.3 Å². The van der Waals surface area contributed by atoms with Crippen molar-refractivity contribution in [2.75, 3.05) is 0 Å². The number of nitrogens with zero attached hydrogens (tertiary/aromatic N) is 2. The minimum absolute atomic E-state index is 0.0618. The molecule has 0 saturated carbocycles. The Morgan fingerprint density at radius 3 is 2.74 bits per heavy atom. The molecule has 98 valence electrons. The number of hydrogen-bond acceptors (Lipinski definition) is 4. The van der Waals surface area contributed by atoms with Crippen molar-refractivity contribution < 1.29 is 9.66 Å². The number of pyridine rings is 1. The molecule has 5 nitrogen and oxygen atoms in total. The van der Waals surface area contributed by atoms with Gasteiger partial charge in [0.15, 0.2) is 0 Å². The lowest BCUT2D eigenvalue weighted by Gasteiger charge is -2.07. The zero-order chi connectivity index (χ0) is 14.0. The molecule has 1 aromatic carbocycles. The van der Waals surface area contributed by atoms with E-state index in [1.807, 2.05) is 0 Å². The molecular formula is C12H8BrClN2O3. The molecule has 0 aliphatic heterocycles. The standard InChI is InChI=1S/C12H8BrClN2O3/c1-7-9(13)3-5-12(15-7)19-11-6-8(14)2-4-10(11)16(17)18/h2-6H,1H3. The van der Waals surface area contributed by atoms with Crippen molar-refractivity contribution in [3.63, 3.8) is 0 Å². The average molecular weight is 344 g/mol. The molecule has 0 amide bonds. The smallest absolute Gasteiger partial charge is 0.311 e. The van der Waals surface area contributed by atoms with Crippen LogP contribution < -0.4 is 4.74 Å². The summed E-state index contributed by atoms with van der Waals surface area (Å²) in [5, 5.41) is 11.3. The summed E-state index contributed by atoms with van der Waals surface area (Å²) in [4.78, 5) is 14.5. The first kappa shape index (κ1) is 13.8. The first-order valence-corrected chi connectivity index (χ1v) is 6.39. The Balaban J connectivity index is 2.39. The Hall–Kier alpha value is -1.66. The molecule has 0 aliphatic rings. The summed E-state index contributed by atoms with van der Waals surface area (Å²) >= 11 is 9.13. The second kappa shape index (κ2) is 5.54. The van der Waals surface area contributed by atoms with Gasteiger partial charge in [-0.1, -0.05) is 11.6 Å². The van der Waals surface area contributed by atoms with Gasteiger partial charge >= 0.3 is 5.69 Å². The highest BCUT2D eigenvalue weighted by Gasteiger charge is 2.16. The fourth-order valence-electron chi connectivity index (χ4n) is 1.41. The van der Waals surface area contributed by atoms with Crippen LogP contribution in [0.4, 0.5) is 5.69 Å². The van der Waals surface area contributed by atoms with Crippen molar-refractivity contribution in [1.29, 1.82) is 0 Å². The number of rotatable bonds is 3. The summed E-state index contributed by atoms with van der Waals surface area (Å²) in [6.45, 7) is 1.79. The topological polar surface area (TPSA) is 65.3 Å². The SMILES string of the molecule is Cc1nc(Oc2cc(Cl)ccc2[N+](=O)[O-])ccc1Br. The minimum atomic E-state index is -0.530. The Kier molecular flexibility index (Phi) is 4.01. The van der Waals surface area contributed by atoms with Crippen LogP contribution in [-0.4, -0.2) is 9.91 Å². The maximum Gasteiger partial charge on any atom is 0.311 e. The number of nitro groups is 1. The molecule has 0 unspecified atom stereocenters. The summed E-state index contributed by atoms with van der Waals surface area (Å²) in [5.41, 5.74) is 0.564. The van der Waals surface area contributed by atoms with Gasteiger partial charge in [0.1, 0.15) is 0 Å². The molecule has 0 atom stereocenters. The minimum Gasteiger partial charge on any atom is -0.432 e. The van der Waals surface area contributed by atoms with E-state index in [9.17, 15) is 10.1 Å². The van der Waals surface area contributed by atoms with Gasteiger partial charge < -0.3 is 4.74 Å². The van der Waals surface area contributed by atoms with Crippen molar-refractivity contribution in [3.05, 3.63) is 55.6 Å². The van der Waals surface area contributed by atoms with E-state index in [1.54, 1.807) is 19.1 Å². The van der Waals surface area contributed by atoms with Gasteiger partial charge in [-0.25, -0.2) is 4.98 Å². The maximum atomic E-state index is 10.9. The monoisotopic (exact) mass is 342 g/mol. The van der Waals surface area contributed by atoms with E-state index in [0.29, 0.717) is 5.02 Å². The maximum absolute atomic E-state index is 10.9. The molecule has 1 aromatic heterocycles. The van der Waals surface area contributed by atoms with Crippen molar-refractivity contribution in [2.45, 2.75) is 6.92 Å². The van der Waals surface area contributed by atoms with E-state index in [2.05, 4.69) is 20.9 Å².